The summed E-state index contributed by atoms with van der Waals surface area (Å²) in [6.45, 7) is 0.293. The molecule has 284 valence electrons. The molecule has 4 atom stereocenters. The SMILES string of the molecule is O=C(O)C1CCCN1C(=O)C1CCCN1C(=O)C1CCCN1C(=O)C1CCCN1S(=O)(=O)c1cc(O)c(O)c2c1CN(Cc1ccc(F)c(Cl)c1)C2=O. The van der Waals surface area contributed by atoms with Crippen LogP contribution in [0.5, 0.6) is 11.5 Å². The summed E-state index contributed by atoms with van der Waals surface area (Å²) in [5.74, 6) is -5.60. The predicted octanol–water partition coefficient (Wildman–Crippen LogP) is 2.26. The molecule has 15 nitrogen and oxygen atoms in total. The summed E-state index contributed by atoms with van der Waals surface area (Å²) < 4.78 is 43.6. The number of benzene rings is 2. The fourth-order valence-corrected chi connectivity index (χ4v) is 10.6. The van der Waals surface area contributed by atoms with Gasteiger partial charge in [0.15, 0.2) is 11.5 Å². The predicted molar refractivity (Wildman–Crippen MR) is 184 cm³/mol. The van der Waals surface area contributed by atoms with Gasteiger partial charge in [-0.3, -0.25) is 19.2 Å². The van der Waals surface area contributed by atoms with Crippen LogP contribution in [-0.2, 0) is 42.3 Å². The van der Waals surface area contributed by atoms with Crippen molar-refractivity contribution in [2.24, 2.45) is 0 Å². The molecular weight excluding hydrogens is 737 g/mol. The lowest BCUT2D eigenvalue weighted by atomic mass is 10.1. The minimum absolute atomic E-state index is 0.0589. The minimum Gasteiger partial charge on any atom is -0.504 e. The van der Waals surface area contributed by atoms with Crippen LogP contribution in [0.3, 0.4) is 0 Å². The Morgan fingerprint density at radius 2 is 1.32 bits per heavy atom. The van der Waals surface area contributed by atoms with E-state index in [0.717, 1.165) is 16.4 Å². The monoisotopic (exact) mass is 775 g/mol. The smallest absolute Gasteiger partial charge is 0.326 e. The van der Waals surface area contributed by atoms with Crippen LogP contribution in [0.4, 0.5) is 4.39 Å². The number of phenols is 2. The number of carboxylic acids is 1. The Hall–Kier alpha value is -4.48. The maximum absolute atomic E-state index is 14.4. The van der Waals surface area contributed by atoms with Gasteiger partial charge in [-0.05, 0) is 69.1 Å². The van der Waals surface area contributed by atoms with E-state index in [2.05, 4.69) is 0 Å². The van der Waals surface area contributed by atoms with Crippen molar-refractivity contribution < 1.29 is 52.1 Å². The van der Waals surface area contributed by atoms with Crippen LogP contribution < -0.4 is 0 Å². The standard InChI is InChI=1S/C35H39ClFN5O10S/c36-21-15-19(9-10-22(21)37)17-38-18-20-28(16-27(43)30(44)29(20)34(38)48)53(51,52)42-14-4-7-25(42)33(47)40-12-2-5-23(40)31(45)39-11-1-6-24(39)32(46)41-13-3-8-26(41)35(49)50/h9-10,15-16,23-26,43-44H,1-8,11-14,17-18H2,(H,49,50). The zero-order valence-corrected chi connectivity index (χ0v) is 30.2. The second-order valence-corrected chi connectivity index (χ2v) is 16.5. The molecule has 0 bridgehead atoms. The fraction of sp³-hybridized carbons (Fsp3) is 0.514. The molecule has 0 aliphatic carbocycles. The summed E-state index contributed by atoms with van der Waals surface area (Å²) in [4.78, 5) is 71.9. The molecule has 5 aliphatic heterocycles. The number of phenolic OH excluding ortho intramolecular Hbond substituents is 2. The van der Waals surface area contributed by atoms with Gasteiger partial charge in [-0.2, -0.15) is 4.31 Å². The van der Waals surface area contributed by atoms with E-state index in [4.69, 9.17) is 11.6 Å². The van der Waals surface area contributed by atoms with E-state index in [1.807, 2.05) is 0 Å². The molecule has 5 heterocycles. The normalized spacial score (nSPS) is 24.8. The first-order chi connectivity index (χ1) is 25.2. The number of aliphatic carboxylic acids is 1. The molecule has 0 saturated carbocycles. The van der Waals surface area contributed by atoms with Gasteiger partial charge < -0.3 is 34.9 Å². The Labute approximate surface area is 309 Å². The Morgan fingerprint density at radius 3 is 1.91 bits per heavy atom. The Morgan fingerprint density at radius 1 is 0.792 bits per heavy atom. The summed E-state index contributed by atoms with van der Waals surface area (Å²) in [6, 6.07) is 0.769. The molecule has 0 spiro atoms. The zero-order valence-electron chi connectivity index (χ0n) is 28.6. The van der Waals surface area contributed by atoms with Crippen molar-refractivity contribution in [1.29, 1.82) is 0 Å². The number of carboxylic acid groups (broad SMARTS) is 1. The summed E-state index contributed by atoms with van der Waals surface area (Å²) in [5, 5.41) is 30.8. The second kappa shape index (κ2) is 14.1. The lowest BCUT2D eigenvalue weighted by Gasteiger charge is -2.35. The average Bonchev–Trinajstić information content (AvgIpc) is 3.97. The number of carbonyl (C=O) groups excluding carboxylic acids is 4. The molecule has 4 fully saturated rings. The first kappa shape index (κ1) is 36.9. The van der Waals surface area contributed by atoms with Gasteiger partial charge in [-0.1, -0.05) is 17.7 Å². The number of likely N-dealkylation sites (tertiary alicyclic amines) is 3. The topological polar surface area (TPSA) is 196 Å². The van der Waals surface area contributed by atoms with Crippen LogP contribution >= 0.6 is 11.6 Å². The number of hydrogen-bond acceptors (Lipinski definition) is 9. The largest absolute Gasteiger partial charge is 0.504 e. The lowest BCUT2D eigenvalue weighted by molar-refractivity contribution is -0.153. The molecule has 4 unspecified atom stereocenters. The average molecular weight is 776 g/mol. The molecule has 53 heavy (non-hydrogen) atoms. The maximum atomic E-state index is 14.4. The quantitative estimate of drug-likeness (QED) is 0.335. The van der Waals surface area contributed by atoms with Crippen molar-refractivity contribution in [2.45, 2.75) is 93.5 Å². The van der Waals surface area contributed by atoms with Crippen molar-refractivity contribution in [2.75, 3.05) is 26.2 Å². The number of aromatic hydroxyl groups is 2. The molecule has 5 aliphatic rings. The molecule has 7 rings (SSSR count). The van der Waals surface area contributed by atoms with Gasteiger partial charge in [0.1, 0.15) is 30.0 Å². The third-order valence-electron chi connectivity index (χ3n) is 11.1. The number of fused-ring (bicyclic) bond motifs is 1. The minimum atomic E-state index is -4.58. The number of sulfonamides is 1. The highest BCUT2D eigenvalue weighted by atomic mass is 35.5. The van der Waals surface area contributed by atoms with Crippen LogP contribution in [0.25, 0.3) is 0 Å². The van der Waals surface area contributed by atoms with Crippen LogP contribution in [-0.4, -0.2) is 128 Å². The van der Waals surface area contributed by atoms with Crippen LogP contribution in [0, 0.1) is 5.82 Å². The van der Waals surface area contributed by atoms with Gasteiger partial charge in [0.2, 0.25) is 27.7 Å². The number of halogens is 2. The zero-order chi connectivity index (χ0) is 37.9. The van der Waals surface area contributed by atoms with Crippen LogP contribution in [0.1, 0.15) is 72.9 Å². The van der Waals surface area contributed by atoms with Gasteiger partial charge in [-0.25, -0.2) is 17.6 Å². The molecule has 18 heteroatoms. The molecule has 0 aromatic heterocycles. The number of rotatable bonds is 8. The molecule has 3 N–H and O–H groups in total. The molecular formula is C35H39ClFN5O10S. The molecule has 4 amide bonds. The summed E-state index contributed by atoms with van der Waals surface area (Å²) in [5.41, 5.74) is -0.0307. The highest BCUT2D eigenvalue weighted by molar-refractivity contribution is 7.89. The number of amides is 4. The lowest BCUT2D eigenvalue weighted by Crippen LogP contribution is -2.56. The maximum Gasteiger partial charge on any atom is 0.326 e. The molecule has 2 aromatic rings. The first-order valence-corrected chi connectivity index (χ1v) is 19.5. The van der Waals surface area contributed by atoms with Crippen molar-refractivity contribution in [1.82, 2.24) is 23.9 Å². The highest BCUT2D eigenvalue weighted by Gasteiger charge is 2.49. The van der Waals surface area contributed by atoms with Gasteiger partial charge in [0, 0.05) is 50.9 Å². The van der Waals surface area contributed by atoms with Gasteiger partial charge in [-0.15, -0.1) is 0 Å². The van der Waals surface area contributed by atoms with Crippen LogP contribution in [0.15, 0.2) is 29.2 Å². The summed E-state index contributed by atoms with van der Waals surface area (Å²) >= 11 is 5.91. The number of carbonyl (C=O) groups is 5. The van der Waals surface area contributed by atoms with Crippen molar-refractivity contribution in [3.63, 3.8) is 0 Å². The first-order valence-electron chi connectivity index (χ1n) is 17.7. The van der Waals surface area contributed by atoms with Crippen molar-refractivity contribution in [3.8, 4) is 11.5 Å². The van der Waals surface area contributed by atoms with Gasteiger partial charge >= 0.3 is 5.97 Å². The number of hydrogen-bond donors (Lipinski definition) is 3. The third kappa shape index (κ3) is 6.35. The Kier molecular flexibility index (Phi) is 9.78. The van der Waals surface area contributed by atoms with E-state index in [1.165, 1.54) is 31.7 Å². The van der Waals surface area contributed by atoms with Crippen LogP contribution in [0.2, 0.25) is 5.02 Å². The second-order valence-electron chi connectivity index (χ2n) is 14.2. The third-order valence-corrected chi connectivity index (χ3v) is 13.4. The fourth-order valence-electron chi connectivity index (χ4n) is 8.54. The van der Waals surface area contributed by atoms with Gasteiger partial charge in [0.25, 0.3) is 5.91 Å². The molecule has 4 saturated heterocycles. The van der Waals surface area contributed by atoms with E-state index in [9.17, 15) is 52.1 Å². The van der Waals surface area contributed by atoms with Crippen molar-refractivity contribution in [3.05, 3.63) is 51.8 Å². The van der Waals surface area contributed by atoms with E-state index < -0.39 is 91.6 Å². The van der Waals surface area contributed by atoms with E-state index >= 15 is 0 Å². The summed E-state index contributed by atoms with van der Waals surface area (Å²) in [7, 11) is -4.58. The molecule has 0 radical (unpaired) electrons. The van der Waals surface area contributed by atoms with Gasteiger partial charge in [0.05, 0.1) is 15.5 Å². The Bertz CT molecular complexity index is 2020. The number of nitrogens with zero attached hydrogens (tertiary/aromatic N) is 5. The Balaban J connectivity index is 1.11. The summed E-state index contributed by atoms with van der Waals surface area (Å²) in [6.07, 6.45) is 3.01. The highest BCUT2D eigenvalue weighted by Crippen LogP contribution is 2.43. The van der Waals surface area contributed by atoms with E-state index in [1.54, 1.807) is 0 Å². The van der Waals surface area contributed by atoms with E-state index in [0.29, 0.717) is 50.5 Å². The van der Waals surface area contributed by atoms with Crippen molar-refractivity contribution >= 4 is 51.2 Å². The van der Waals surface area contributed by atoms with E-state index in [-0.39, 0.29) is 56.3 Å². The molecule has 2 aromatic carbocycles.